The smallest absolute Gasteiger partial charge is 0.261 e. The van der Waals surface area contributed by atoms with E-state index in [0.29, 0.717) is 27.9 Å². The summed E-state index contributed by atoms with van der Waals surface area (Å²) in [6, 6.07) is 10.3. The van der Waals surface area contributed by atoms with E-state index in [4.69, 9.17) is 27.9 Å². The number of rotatable bonds is 9. The minimum absolute atomic E-state index is 0.269. The van der Waals surface area contributed by atoms with Gasteiger partial charge in [-0.15, -0.1) is 4.91 Å². The van der Waals surface area contributed by atoms with Crippen LogP contribution in [0.5, 0.6) is 5.75 Å². The number of ether oxygens (including phenoxy) is 1. The average molecular weight is 425 g/mol. The number of carbonyl (C=O) groups is 1. The van der Waals surface area contributed by atoms with Crippen LogP contribution in [0.15, 0.2) is 41.7 Å². The standard InChI is InChI=1S/C19H22Cl2N4O3/c1-4-17(28-18-8-6-13(20)10-14(18)21)19(26)23-11-12-5-7-15(22-2)16(9-12)25(3)24-27/h5-10,17,22H,4,11H2,1-3H3,(H,23,26). The van der Waals surface area contributed by atoms with Gasteiger partial charge in [-0.2, -0.15) is 0 Å². The van der Waals surface area contributed by atoms with Crippen LogP contribution in [-0.2, 0) is 11.3 Å². The Hall–Kier alpha value is -2.51. The van der Waals surface area contributed by atoms with Crippen LogP contribution in [0.2, 0.25) is 10.0 Å². The number of amides is 1. The van der Waals surface area contributed by atoms with Crippen molar-refractivity contribution in [1.29, 1.82) is 0 Å². The maximum atomic E-state index is 12.5. The van der Waals surface area contributed by atoms with Crippen molar-refractivity contribution in [3.8, 4) is 5.75 Å². The van der Waals surface area contributed by atoms with Crippen molar-refractivity contribution >= 4 is 40.5 Å². The van der Waals surface area contributed by atoms with Gasteiger partial charge in [0.2, 0.25) is 0 Å². The van der Waals surface area contributed by atoms with E-state index in [0.717, 1.165) is 11.3 Å². The number of anilines is 2. The van der Waals surface area contributed by atoms with Gasteiger partial charge < -0.3 is 15.4 Å². The fourth-order valence-electron chi connectivity index (χ4n) is 2.56. The van der Waals surface area contributed by atoms with Gasteiger partial charge in [0.25, 0.3) is 5.91 Å². The maximum Gasteiger partial charge on any atom is 0.261 e. The molecule has 1 atom stereocenters. The Bertz CT molecular complexity index is 848. The van der Waals surface area contributed by atoms with Crippen LogP contribution in [0, 0.1) is 4.91 Å². The molecule has 9 heteroatoms. The summed E-state index contributed by atoms with van der Waals surface area (Å²) in [7, 11) is 3.31. The average Bonchev–Trinajstić information content (AvgIpc) is 2.70. The predicted molar refractivity (Wildman–Crippen MR) is 113 cm³/mol. The molecule has 2 rings (SSSR count). The zero-order valence-corrected chi connectivity index (χ0v) is 17.3. The third kappa shape index (κ3) is 5.50. The van der Waals surface area contributed by atoms with E-state index in [1.165, 1.54) is 5.01 Å². The first-order valence-corrected chi connectivity index (χ1v) is 9.42. The second-order valence-electron chi connectivity index (χ2n) is 6.01. The van der Waals surface area contributed by atoms with E-state index in [1.807, 2.05) is 19.1 Å². The highest BCUT2D eigenvalue weighted by molar-refractivity contribution is 6.35. The van der Waals surface area contributed by atoms with Crippen molar-refractivity contribution in [3.63, 3.8) is 0 Å². The normalized spacial score (nSPS) is 11.5. The van der Waals surface area contributed by atoms with E-state index in [2.05, 4.69) is 15.9 Å². The first kappa shape index (κ1) is 21.8. The van der Waals surface area contributed by atoms with Gasteiger partial charge in [0.1, 0.15) is 5.75 Å². The molecule has 0 aliphatic rings. The highest BCUT2D eigenvalue weighted by Gasteiger charge is 2.19. The van der Waals surface area contributed by atoms with Crippen molar-refractivity contribution < 1.29 is 9.53 Å². The number of carbonyl (C=O) groups excluding carboxylic acids is 1. The lowest BCUT2D eigenvalue weighted by Gasteiger charge is -2.19. The van der Waals surface area contributed by atoms with Gasteiger partial charge in [0.15, 0.2) is 6.10 Å². The number of hydrogen-bond acceptors (Lipinski definition) is 5. The van der Waals surface area contributed by atoms with E-state index >= 15 is 0 Å². The molecule has 0 saturated heterocycles. The molecule has 0 saturated carbocycles. The third-order valence-corrected chi connectivity index (χ3v) is 4.63. The summed E-state index contributed by atoms with van der Waals surface area (Å²) < 4.78 is 5.74. The number of nitroso groups, excluding NO2 is 1. The lowest BCUT2D eigenvalue weighted by atomic mass is 10.1. The van der Waals surface area contributed by atoms with Crippen LogP contribution in [0.25, 0.3) is 0 Å². The lowest BCUT2D eigenvalue weighted by Crippen LogP contribution is -2.37. The molecule has 7 nitrogen and oxygen atoms in total. The molecule has 1 unspecified atom stereocenters. The number of nitrogens with zero attached hydrogens (tertiary/aromatic N) is 2. The minimum atomic E-state index is -0.700. The van der Waals surface area contributed by atoms with Crippen molar-refractivity contribution in [2.75, 3.05) is 24.4 Å². The first-order valence-electron chi connectivity index (χ1n) is 8.66. The molecule has 0 spiro atoms. The second-order valence-corrected chi connectivity index (χ2v) is 6.86. The Morgan fingerprint density at radius 3 is 2.61 bits per heavy atom. The molecule has 1 amide bonds. The van der Waals surface area contributed by atoms with Crippen molar-refractivity contribution in [2.45, 2.75) is 26.0 Å². The molecule has 0 fully saturated rings. The van der Waals surface area contributed by atoms with Gasteiger partial charge in [-0.1, -0.05) is 36.2 Å². The van der Waals surface area contributed by atoms with Crippen LogP contribution < -0.4 is 20.4 Å². The second kappa shape index (κ2) is 10.1. The third-order valence-electron chi connectivity index (χ3n) is 4.10. The topological polar surface area (TPSA) is 83.0 Å². The summed E-state index contributed by atoms with van der Waals surface area (Å²) in [4.78, 5) is 23.4. The number of nitrogens with one attached hydrogen (secondary N) is 2. The molecule has 0 bridgehead atoms. The molecule has 28 heavy (non-hydrogen) atoms. The quantitative estimate of drug-likeness (QED) is 0.452. The fourth-order valence-corrected chi connectivity index (χ4v) is 3.01. The summed E-state index contributed by atoms with van der Waals surface area (Å²) in [5.74, 6) is 0.127. The minimum Gasteiger partial charge on any atom is -0.479 e. The summed E-state index contributed by atoms with van der Waals surface area (Å²) in [5, 5.41) is 10.8. The fraction of sp³-hybridized carbons (Fsp3) is 0.316. The van der Waals surface area contributed by atoms with Gasteiger partial charge in [0, 0.05) is 25.7 Å². The maximum absolute atomic E-state index is 12.5. The van der Waals surface area contributed by atoms with E-state index in [9.17, 15) is 9.70 Å². The zero-order valence-electron chi connectivity index (χ0n) is 15.8. The zero-order chi connectivity index (χ0) is 20.7. The highest BCUT2D eigenvalue weighted by Crippen LogP contribution is 2.29. The van der Waals surface area contributed by atoms with Crippen LogP contribution in [0.4, 0.5) is 11.4 Å². The number of halogens is 2. The number of benzene rings is 2. The van der Waals surface area contributed by atoms with E-state index < -0.39 is 6.10 Å². The Morgan fingerprint density at radius 2 is 2.00 bits per heavy atom. The summed E-state index contributed by atoms with van der Waals surface area (Å²) in [5.41, 5.74) is 2.18. The van der Waals surface area contributed by atoms with Crippen LogP contribution >= 0.6 is 23.2 Å². The molecule has 0 heterocycles. The Balaban J connectivity index is 2.06. The van der Waals surface area contributed by atoms with Gasteiger partial charge >= 0.3 is 0 Å². The molecule has 0 radical (unpaired) electrons. The molecule has 0 aromatic heterocycles. The molecular weight excluding hydrogens is 403 g/mol. The lowest BCUT2D eigenvalue weighted by molar-refractivity contribution is -0.128. The van der Waals surface area contributed by atoms with Crippen LogP contribution in [0.3, 0.4) is 0 Å². The molecule has 0 aliphatic carbocycles. The molecule has 150 valence electrons. The van der Waals surface area contributed by atoms with Gasteiger partial charge in [-0.05, 0) is 42.3 Å². The SMILES string of the molecule is CCC(Oc1ccc(Cl)cc1Cl)C(=O)NCc1ccc(NC)c(N(C)N=O)c1. The monoisotopic (exact) mass is 424 g/mol. The van der Waals surface area contributed by atoms with Gasteiger partial charge in [-0.25, -0.2) is 5.01 Å². The largest absolute Gasteiger partial charge is 0.479 e. The van der Waals surface area contributed by atoms with E-state index in [1.54, 1.807) is 38.4 Å². The Morgan fingerprint density at radius 1 is 1.25 bits per heavy atom. The van der Waals surface area contributed by atoms with Crippen molar-refractivity contribution in [2.24, 2.45) is 5.29 Å². The first-order chi connectivity index (χ1) is 13.4. The summed E-state index contributed by atoms with van der Waals surface area (Å²) in [6.45, 7) is 2.12. The Kier molecular flexibility index (Phi) is 7.90. The van der Waals surface area contributed by atoms with Crippen LogP contribution in [0.1, 0.15) is 18.9 Å². The van der Waals surface area contributed by atoms with Crippen LogP contribution in [-0.4, -0.2) is 26.1 Å². The molecule has 2 aromatic carbocycles. The van der Waals surface area contributed by atoms with Crippen molar-refractivity contribution in [3.05, 3.63) is 56.9 Å². The summed E-state index contributed by atoms with van der Waals surface area (Å²) in [6.07, 6.45) is -0.235. The number of hydrogen-bond donors (Lipinski definition) is 2. The predicted octanol–water partition coefficient (Wildman–Crippen LogP) is 4.63. The molecular formula is C19H22Cl2N4O3. The Labute approximate surface area is 173 Å². The molecule has 0 aliphatic heterocycles. The van der Waals surface area contributed by atoms with Crippen molar-refractivity contribution in [1.82, 2.24) is 5.32 Å². The van der Waals surface area contributed by atoms with Gasteiger partial charge in [0.05, 0.1) is 21.7 Å². The molecule has 2 N–H and O–H groups in total. The summed E-state index contributed by atoms with van der Waals surface area (Å²) >= 11 is 12.0. The highest BCUT2D eigenvalue weighted by atomic mass is 35.5. The molecule has 2 aromatic rings. The van der Waals surface area contributed by atoms with Gasteiger partial charge in [-0.3, -0.25) is 4.79 Å². The van der Waals surface area contributed by atoms with E-state index in [-0.39, 0.29) is 12.5 Å².